The van der Waals surface area contributed by atoms with Gasteiger partial charge in [-0.25, -0.2) is 9.97 Å². The first-order chi connectivity index (χ1) is 9.60. The number of carbonyl (C=O) groups is 1. The Morgan fingerprint density at radius 1 is 1.45 bits per heavy atom. The zero-order valence-corrected chi connectivity index (χ0v) is 11.4. The molecule has 0 spiro atoms. The number of rotatable bonds is 4. The van der Waals surface area contributed by atoms with Crippen LogP contribution in [0.25, 0.3) is 0 Å². The average Bonchev–Trinajstić information content (AvgIpc) is 2.42. The maximum atomic E-state index is 12.1. The van der Waals surface area contributed by atoms with Gasteiger partial charge in [0.25, 0.3) is 5.91 Å². The monoisotopic (exact) mass is 267 g/mol. The van der Waals surface area contributed by atoms with E-state index in [4.69, 9.17) is 12.6 Å². The number of pyridine rings is 2. The lowest BCUT2D eigenvalue weighted by atomic mass is 9.97. The molecule has 2 heterocycles. The molecule has 2 aromatic rings. The van der Waals surface area contributed by atoms with Crippen LogP contribution < -0.4 is 15.5 Å². The molecule has 100 valence electrons. The molecule has 20 heavy (non-hydrogen) atoms. The van der Waals surface area contributed by atoms with Crippen LogP contribution in [-0.2, 0) is 0 Å². The second kappa shape index (κ2) is 6.19. The minimum atomic E-state index is -0.341. The predicted octanol–water partition coefficient (Wildman–Crippen LogP) is 1.23. The molecule has 0 saturated carbocycles. The third-order valence-electron chi connectivity index (χ3n) is 2.58. The van der Waals surface area contributed by atoms with E-state index in [-0.39, 0.29) is 11.6 Å². The summed E-state index contributed by atoms with van der Waals surface area (Å²) in [7, 11) is 5.62. The lowest BCUT2D eigenvalue weighted by molar-refractivity contribution is 0.102. The summed E-state index contributed by atoms with van der Waals surface area (Å²) in [5.74, 6) is 0.543. The van der Waals surface area contributed by atoms with Crippen molar-refractivity contribution in [1.82, 2.24) is 9.97 Å². The molecule has 1 N–H and O–H groups in total. The molecule has 0 fully saturated rings. The van der Waals surface area contributed by atoms with Crippen LogP contribution in [-0.4, -0.2) is 30.3 Å². The Labute approximate surface area is 118 Å². The van der Waals surface area contributed by atoms with Gasteiger partial charge < -0.3 is 10.1 Å². The molecule has 0 aliphatic carbocycles. The second-order valence-electron chi connectivity index (χ2n) is 4.18. The molecule has 5 nitrogen and oxygen atoms in total. The van der Waals surface area contributed by atoms with Gasteiger partial charge in [0.05, 0.1) is 6.61 Å². The number of nitrogens with zero attached hydrogens (tertiary/aromatic N) is 2. The molecular weight excluding hydrogens is 253 g/mol. The van der Waals surface area contributed by atoms with Gasteiger partial charge in [0.1, 0.15) is 19.4 Å². The Balaban J connectivity index is 2.17. The standard InChI is InChI=1S/C14H14BN3O2/c1-3-20-12-6-4-5-11(17-12)14(19)18-13-9(2)7-10(15)8-16-13/h4-8H,3H2,1-2H3,(H,16,18,19). The molecular formula is C14H14BN3O2. The quantitative estimate of drug-likeness (QED) is 0.846. The van der Waals surface area contributed by atoms with E-state index >= 15 is 0 Å². The maximum Gasteiger partial charge on any atom is 0.275 e. The smallest absolute Gasteiger partial charge is 0.275 e. The fourth-order valence-corrected chi connectivity index (χ4v) is 1.67. The van der Waals surface area contributed by atoms with E-state index in [9.17, 15) is 4.79 Å². The SMILES string of the molecule is [B]c1cnc(NC(=O)c2cccc(OCC)n2)c(C)c1. The Bertz CT molecular complexity index is 632. The Morgan fingerprint density at radius 3 is 2.95 bits per heavy atom. The number of hydrogen-bond acceptors (Lipinski definition) is 4. The van der Waals surface area contributed by atoms with Crippen LogP contribution in [0.2, 0.25) is 0 Å². The molecule has 2 aromatic heterocycles. The van der Waals surface area contributed by atoms with Crippen molar-refractivity contribution in [3.63, 3.8) is 0 Å². The molecule has 0 bridgehead atoms. The van der Waals surface area contributed by atoms with Crippen LogP contribution in [0.4, 0.5) is 5.82 Å². The number of amides is 1. The molecule has 2 rings (SSSR count). The number of aromatic nitrogens is 2. The number of carbonyl (C=O) groups excluding carboxylic acids is 1. The van der Waals surface area contributed by atoms with Crippen molar-refractivity contribution < 1.29 is 9.53 Å². The van der Waals surface area contributed by atoms with Gasteiger partial charge in [0.2, 0.25) is 5.88 Å². The highest BCUT2D eigenvalue weighted by molar-refractivity contribution is 6.32. The van der Waals surface area contributed by atoms with Gasteiger partial charge in [0.15, 0.2) is 0 Å². The minimum Gasteiger partial charge on any atom is -0.478 e. The number of aryl methyl sites for hydroxylation is 1. The number of nitrogens with one attached hydrogen (secondary N) is 1. The third-order valence-corrected chi connectivity index (χ3v) is 2.58. The van der Waals surface area contributed by atoms with E-state index in [2.05, 4.69) is 15.3 Å². The van der Waals surface area contributed by atoms with Gasteiger partial charge in [-0.3, -0.25) is 4.79 Å². The third kappa shape index (κ3) is 3.35. The lowest BCUT2D eigenvalue weighted by Crippen LogP contribution is -2.17. The van der Waals surface area contributed by atoms with Crippen LogP contribution in [0.1, 0.15) is 23.0 Å². The zero-order valence-electron chi connectivity index (χ0n) is 11.4. The van der Waals surface area contributed by atoms with Crippen molar-refractivity contribution in [3.8, 4) is 5.88 Å². The molecule has 1 amide bonds. The summed E-state index contributed by atoms with van der Waals surface area (Å²) in [6, 6.07) is 6.78. The van der Waals surface area contributed by atoms with Gasteiger partial charge in [0, 0.05) is 12.3 Å². The molecule has 0 aliphatic rings. The largest absolute Gasteiger partial charge is 0.478 e. The van der Waals surface area contributed by atoms with Crippen LogP contribution in [0, 0.1) is 6.92 Å². The van der Waals surface area contributed by atoms with E-state index in [0.29, 0.717) is 23.8 Å². The number of ether oxygens (including phenoxy) is 1. The highest BCUT2D eigenvalue weighted by Crippen LogP contribution is 2.12. The predicted molar refractivity (Wildman–Crippen MR) is 77.7 cm³/mol. The van der Waals surface area contributed by atoms with Gasteiger partial charge in [-0.1, -0.05) is 17.6 Å². The van der Waals surface area contributed by atoms with Crippen molar-refractivity contribution in [2.45, 2.75) is 13.8 Å². The first-order valence-electron chi connectivity index (χ1n) is 6.23. The van der Waals surface area contributed by atoms with E-state index in [1.165, 1.54) is 6.20 Å². The number of anilines is 1. The summed E-state index contributed by atoms with van der Waals surface area (Å²) in [6.07, 6.45) is 1.49. The fourth-order valence-electron chi connectivity index (χ4n) is 1.67. The average molecular weight is 267 g/mol. The van der Waals surface area contributed by atoms with Crippen molar-refractivity contribution in [2.24, 2.45) is 0 Å². The molecule has 0 atom stereocenters. The van der Waals surface area contributed by atoms with E-state index < -0.39 is 0 Å². The Hall–Kier alpha value is -2.37. The summed E-state index contributed by atoms with van der Waals surface area (Å²) in [5.41, 5.74) is 1.62. The molecule has 0 unspecified atom stereocenters. The van der Waals surface area contributed by atoms with Gasteiger partial charge in [-0.05, 0) is 25.5 Å². The molecule has 2 radical (unpaired) electrons. The zero-order chi connectivity index (χ0) is 14.5. The van der Waals surface area contributed by atoms with Crippen LogP contribution >= 0.6 is 0 Å². The molecule has 0 aromatic carbocycles. The van der Waals surface area contributed by atoms with Crippen molar-refractivity contribution in [3.05, 3.63) is 41.7 Å². The minimum absolute atomic E-state index is 0.272. The van der Waals surface area contributed by atoms with Crippen molar-refractivity contribution >= 4 is 25.0 Å². The lowest BCUT2D eigenvalue weighted by Gasteiger charge is -2.08. The summed E-state index contributed by atoms with van der Waals surface area (Å²) in [4.78, 5) is 20.3. The van der Waals surface area contributed by atoms with E-state index in [1.54, 1.807) is 24.3 Å². The van der Waals surface area contributed by atoms with Crippen molar-refractivity contribution in [1.29, 1.82) is 0 Å². The van der Waals surface area contributed by atoms with Crippen molar-refractivity contribution in [2.75, 3.05) is 11.9 Å². The molecule has 6 heteroatoms. The van der Waals surface area contributed by atoms with Gasteiger partial charge in [-0.15, -0.1) is 0 Å². The van der Waals surface area contributed by atoms with Gasteiger partial charge in [-0.2, -0.15) is 0 Å². The van der Waals surface area contributed by atoms with Gasteiger partial charge >= 0.3 is 0 Å². The summed E-state index contributed by atoms with van der Waals surface area (Å²) >= 11 is 0. The Kier molecular flexibility index (Phi) is 4.35. The van der Waals surface area contributed by atoms with E-state index in [0.717, 1.165) is 5.56 Å². The highest BCUT2D eigenvalue weighted by Gasteiger charge is 2.11. The molecule has 0 saturated heterocycles. The topological polar surface area (TPSA) is 64.1 Å². The maximum absolute atomic E-state index is 12.1. The van der Waals surface area contributed by atoms with Crippen LogP contribution in [0.5, 0.6) is 5.88 Å². The summed E-state index contributed by atoms with van der Waals surface area (Å²) in [6.45, 7) is 4.18. The number of hydrogen-bond donors (Lipinski definition) is 1. The van der Waals surface area contributed by atoms with Crippen LogP contribution in [0.15, 0.2) is 30.5 Å². The Morgan fingerprint density at radius 2 is 2.25 bits per heavy atom. The molecule has 0 aliphatic heterocycles. The van der Waals surface area contributed by atoms with E-state index in [1.807, 2.05) is 13.8 Å². The fraction of sp³-hybridized carbons (Fsp3) is 0.214. The van der Waals surface area contributed by atoms with Crippen LogP contribution in [0.3, 0.4) is 0 Å². The second-order valence-corrected chi connectivity index (χ2v) is 4.18. The summed E-state index contributed by atoms with van der Waals surface area (Å²) in [5, 5.41) is 2.70. The highest BCUT2D eigenvalue weighted by atomic mass is 16.5. The normalized spacial score (nSPS) is 10.1. The first kappa shape index (κ1) is 14.1. The first-order valence-corrected chi connectivity index (χ1v) is 6.23. The summed E-state index contributed by atoms with van der Waals surface area (Å²) < 4.78 is 5.26.